The minimum Gasteiger partial charge on any atom is -0.508 e. The Hall–Kier alpha value is -3.36. The number of H-pyrrole nitrogens is 1. The van der Waals surface area contributed by atoms with Crippen LogP contribution in [0, 0.1) is 0 Å². The Morgan fingerprint density at radius 1 is 1.17 bits per heavy atom. The van der Waals surface area contributed by atoms with E-state index >= 15 is 0 Å². The lowest BCUT2D eigenvalue weighted by atomic mass is 9.92. The molecule has 1 fully saturated rings. The molecule has 30 heavy (non-hydrogen) atoms. The normalized spacial score (nSPS) is 22.2. The number of hydrogen-bond acceptors (Lipinski definition) is 4. The van der Waals surface area contributed by atoms with Gasteiger partial charge in [-0.15, -0.1) is 0 Å². The molecule has 0 saturated carbocycles. The number of benzene rings is 2. The predicted octanol–water partition coefficient (Wildman–Crippen LogP) is 0.0913. The van der Waals surface area contributed by atoms with E-state index in [0.717, 1.165) is 21.4 Å². The summed E-state index contributed by atoms with van der Waals surface area (Å²) in [6.45, 7) is 0. The van der Waals surface area contributed by atoms with E-state index in [4.69, 9.17) is 5.73 Å². The van der Waals surface area contributed by atoms with Crippen molar-refractivity contribution in [1.29, 1.82) is 0 Å². The van der Waals surface area contributed by atoms with Crippen LogP contribution in [0.25, 0.3) is 10.9 Å². The van der Waals surface area contributed by atoms with Crippen molar-refractivity contribution in [2.45, 2.75) is 24.6 Å². The van der Waals surface area contributed by atoms with Crippen molar-refractivity contribution in [3.05, 3.63) is 59.8 Å². The van der Waals surface area contributed by atoms with Gasteiger partial charge < -0.3 is 25.0 Å². The molecular formula is C22H23N4O4+. The largest absolute Gasteiger partial charge is 0.508 e. The SMILES string of the molecule is CN1C(=O)[C@](O)(Cc2cccc(O)c2)N(C)C(=O)[C@@H]1Cc1c[nH]c2cccc([NH+])c12. The van der Waals surface area contributed by atoms with Crippen molar-refractivity contribution in [3.63, 3.8) is 0 Å². The third-order valence-corrected chi connectivity index (χ3v) is 5.86. The van der Waals surface area contributed by atoms with E-state index in [2.05, 4.69) is 4.98 Å². The topological polar surface area (TPSA) is 121 Å². The Morgan fingerprint density at radius 2 is 1.90 bits per heavy atom. The van der Waals surface area contributed by atoms with Crippen LogP contribution in [0.4, 0.5) is 5.69 Å². The molecule has 4 rings (SSSR count). The summed E-state index contributed by atoms with van der Waals surface area (Å²) in [6, 6.07) is 10.8. The van der Waals surface area contributed by atoms with Gasteiger partial charge in [0.25, 0.3) is 11.6 Å². The third-order valence-electron chi connectivity index (χ3n) is 5.86. The first-order valence-corrected chi connectivity index (χ1v) is 9.58. The Kier molecular flexibility index (Phi) is 4.76. The van der Waals surface area contributed by atoms with Crippen molar-refractivity contribution >= 4 is 28.4 Å². The van der Waals surface area contributed by atoms with Crippen molar-refractivity contribution < 1.29 is 25.5 Å². The Labute approximate surface area is 173 Å². The maximum absolute atomic E-state index is 13.2. The van der Waals surface area contributed by atoms with Crippen molar-refractivity contribution in [1.82, 2.24) is 14.8 Å². The molecule has 0 bridgehead atoms. The highest BCUT2D eigenvalue weighted by Gasteiger charge is 2.53. The molecule has 2 aromatic carbocycles. The fourth-order valence-electron chi connectivity index (χ4n) is 4.13. The number of aromatic amines is 1. The van der Waals surface area contributed by atoms with Gasteiger partial charge in [-0.05, 0) is 29.3 Å². The quantitative estimate of drug-likeness (QED) is 0.568. The van der Waals surface area contributed by atoms with Crippen LogP contribution in [-0.2, 0) is 22.4 Å². The lowest BCUT2D eigenvalue weighted by Gasteiger charge is -2.47. The number of likely N-dealkylation sites (N-methyl/N-ethyl adjacent to an activating group) is 2. The van der Waals surface area contributed by atoms with E-state index in [1.165, 1.54) is 31.1 Å². The number of carbonyl (C=O) groups excluding carboxylic acids is 2. The molecule has 2 radical (unpaired) electrons. The number of carbonyl (C=O) groups is 2. The van der Waals surface area contributed by atoms with Crippen LogP contribution in [0.5, 0.6) is 5.75 Å². The summed E-state index contributed by atoms with van der Waals surface area (Å²) in [5, 5.41) is 21.5. The lowest BCUT2D eigenvalue weighted by Crippen LogP contribution is -2.70. The summed E-state index contributed by atoms with van der Waals surface area (Å²) in [6.07, 6.45) is 1.84. The summed E-state index contributed by atoms with van der Waals surface area (Å²) in [5.74, 6) is -0.967. The molecule has 1 aliphatic rings. The van der Waals surface area contributed by atoms with E-state index in [1.54, 1.807) is 30.5 Å². The zero-order valence-corrected chi connectivity index (χ0v) is 16.7. The maximum Gasteiger partial charge on any atom is 0.276 e. The smallest absolute Gasteiger partial charge is 0.276 e. The number of aliphatic hydroxyl groups is 1. The minimum atomic E-state index is -2.04. The van der Waals surface area contributed by atoms with Crippen LogP contribution in [0.1, 0.15) is 11.1 Å². The number of piperazine rings is 1. The van der Waals surface area contributed by atoms with E-state index in [-0.39, 0.29) is 18.6 Å². The first-order valence-electron chi connectivity index (χ1n) is 9.58. The molecule has 154 valence electrons. The molecule has 8 heteroatoms. The molecule has 3 aromatic rings. The number of nitrogens with one attached hydrogen (secondary N) is 2. The van der Waals surface area contributed by atoms with Gasteiger partial charge in [0.1, 0.15) is 11.8 Å². The standard InChI is InChI=1S/C22H23N4O4/c1-25-18(10-14-12-24-17-8-4-7-16(23)19(14)17)20(28)26(2)22(30,21(25)29)11-13-5-3-6-15(27)9-13/h3-9,12,18,23-24,27,30H,10-11H2,1-2H3/q+1/t18-,22+/m0/s1. The minimum absolute atomic E-state index is 0.0186. The first kappa shape index (κ1) is 19.9. The van der Waals surface area contributed by atoms with E-state index < -0.39 is 23.6 Å². The monoisotopic (exact) mass is 407 g/mol. The highest BCUT2D eigenvalue weighted by atomic mass is 16.3. The molecule has 0 spiro atoms. The summed E-state index contributed by atoms with van der Waals surface area (Å²) in [7, 11) is 2.91. The van der Waals surface area contributed by atoms with Gasteiger partial charge in [-0.25, -0.2) is 0 Å². The number of nitrogens with zero attached hydrogens (tertiary/aromatic N) is 2. The Balaban J connectivity index is 1.64. The Bertz CT molecular complexity index is 1140. The van der Waals surface area contributed by atoms with Crippen LogP contribution in [-0.4, -0.2) is 62.7 Å². The van der Waals surface area contributed by atoms with Gasteiger partial charge in [0.05, 0.1) is 16.6 Å². The number of aromatic hydroxyl groups is 1. The molecule has 1 saturated heterocycles. The zero-order chi connectivity index (χ0) is 21.6. The fraction of sp³-hybridized carbons (Fsp3) is 0.273. The van der Waals surface area contributed by atoms with Gasteiger partial charge in [-0.3, -0.25) is 9.59 Å². The van der Waals surface area contributed by atoms with E-state index in [0.29, 0.717) is 11.3 Å². The van der Waals surface area contributed by atoms with Gasteiger partial charge in [-0.1, -0.05) is 18.2 Å². The molecular weight excluding hydrogens is 384 g/mol. The number of phenolic OH excluding ortho intramolecular Hbond substituents is 1. The van der Waals surface area contributed by atoms with Crippen LogP contribution in [0.3, 0.4) is 0 Å². The average Bonchev–Trinajstić information content (AvgIpc) is 3.13. The number of hydrogen-bond donors (Lipinski definition) is 3. The molecule has 1 aromatic heterocycles. The van der Waals surface area contributed by atoms with Crippen molar-refractivity contribution in [2.24, 2.45) is 0 Å². The highest BCUT2D eigenvalue weighted by molar-refractivity contribution is 5.99. The maximum atomic E-state index is 13.2. The molecule has 2 amide bonds. The van der Waals surface area contributed by atoms with Crippen LogP contribution in [0.2, 0.25) is 0 Å². The van der Waals surface area contributed by atoms with Crippen LogP contribution in [0.15, 0.2) is 48.7 Å². The first-order chi connectivity index (χ1) is 14.2. The summed E-state index contributed by atoms with van der Waals surface area (Å²) < 4.78 is 0. The lowest BCUT2D eigenvalue weighted by molar-refractivity contribution is -0.252. The molecule has 4 N–H and O–H groups in total. The number of phenols is 1. The van der Waals surface area contributed by atoms with Gasteiger partial charge in [0.15, 0.2) is 0 Å². The zero-order valence-electron chi connectivity index (χ0n) is 16.7. The molecule has 8 nitrogen and oxygen atoms in total. The highest BCUT2D eigenvalue weighted by Crippen LogP contribution is 2.31. The van der Waals surface area contributed by atoms with Crippen molar-refractivity contribution in [2.75, 3.05) is 14.1 Å². The molecule has 2 atom stereocenters. The van der Waals surface area contributed by atoms with Gasteiger partial charge in [0.2, 0.25) is 11.6 Å². The van der Waals surface area contributed by atoms with Gasteiger partial charge in [0, 0.05) is 39.2 Å². The second-order valence-electron chi connectivity index (χ2n) is 7.74. The van der Waals surface area contributed by atoms with Crippen LogP contribution >= 0.6 is 0 Å². The van der Waals surface area contributed by atoms with E-state index in [1.807, 2.05) is 6.07 Å². The second kappa shape index (κ2) is 7.16. The summed E-state index contributed by atoms with van der Waals surface area (Å²) in [4.78, 5) is 31.8. The Morgan fingerprint density at radius 3 is 2.63 bits per heavy atom. The number of aromatic nitrogens is 1. The van der Waals surface area contributed by atoms with Crippen molar-refractivity contribution in [3.8, 4) is 5.75 Å². The van der Waals surface area contributed by atoms with E-state index in [9.17, 15) is 19.8 Å². The number of fused-ring (bicyclic) bond motifs is 1. The summed E-state index contributed by atoms with van der Waals surface area (Å²) >= 11 is 0. The van der Waals surface area contributed by atoms with Gasteiger partial charge in [-0.2, -0.15) is 0 Å². The summed E-state index contributed by atoms with van der Waals surface area (Å²) in [5.41, 5.74) is 8.56. The number of rotatable bonds is 4. The third kappa shape index (κ3) is 3.10. The number of amides is 2. The predicted molar refractivity (Wildman–Crippen MR) is 109 cm³/mol. The second-order valence-corrected chi connectivity index (χ2v) is 7.74. The molecule has 2 heterocycles. The molecule has 0 aliphatic carbocycles. The molecule has 0 unspecified atom stereocenters. The molecule has 1 aliphatic heterocycles. The average molecular weight is 407 g/mol. The van der Waals surface area contributed by atoms with Gasteiger partial charge >= 0.3 is 0 Å². The van der Waals surface area contributed by atoms with Crippen LogP contribution < -0.4 is 5.73 Å². The fourth-order valence-corrected chi connectivity index (χ4v) is 4.13.